The van der Waals surface area contributed by atoms with Gasteiger partial charge in [0, 0.05) is 24.6 Å². The summed E-state index contributed by atoms with van der Waals surface area (Å²) >= 11 is 0. The first-order chi connectivity index (χ1) is 9.61. The monoisotopic (exact) mass is 272 g/mol. The zero-order chi connectivity index (χ0) is 14.1. The van der Waals surface area contributed by atoms with Crippen LogP contribution in [0, 0.1) is 6.92 Å². The molecule has 1 aromatic heterocycles. The number of amides is 2. The van der Waals surface area contributed by atoms with Gasteiger partial charge in [-0.1, -0.05) is 5.10 Å². The second-order valence-electron chi connectivity index (χ2n) is 4.50. The second kappa shape index (κ2) is 4.76. The first-order valence-corrected chi connectivity index (χ1v) is 6.16. The van der Waals surface area contributed by atoms with Gasteiger partial charge in [-0.2, -0.15) is 0 Å². The van der Waals surface area contributed by atoms with Crippen LogP contribution in [0.25, 0.3) is 0 Å². The molecule has 0 radical (unpaired) electrons. The third-order valence-corrected chi connectivity index (χ3v) is 3.01. The minimum Gasteiger partial charge on any atom is -0.408 e. The summed E-state index contributed by atoms with van der Waals surface area (Å²) < 4.78 is 5.09. The molecule has 20 heavy (non-hydrogen) atoms. The van der Waals surface area contributed by atoms with E-state index in [0.717, 1.165) is 11.3 Å². The summed E-state index contributed by atoms with van der Waals surface area (Å²) in [6.45, 7) is 1.64. The smallest absolute Gasteiger partial charge is 0.322 e. The molecule has 0 saturated heterocycles. The maximum absolute atomic E-state index is 12.0. The molecule has 7 nitrogen and oxygen atoms in total. The van der Waals surface area contributed by atoms with E-state index in [9.17, 15) is 9.59 Å². The van der Waals surface area contributed by atoms with Gasteiger partial charge in [0.05, 0.1) is 0 Å². The van der Waals surface area contributed by atoms with E-state index < -0.39 is 0 Å². The van der Waals surface area contributed by atoms with Crippen LogP contribution < -0.4 is 10.6 Å². The summed E-state index contributed by atoms with van der Waals surface area (Å²) in [5.41, 5.74) is 2.18. The fourth-order valence-electron chi connectivity index (χ4n) is 2.04. The quantitative estimate of drug-likeness (QED) is 0.863. The van der Waals surface area contributed by atoms with Crippen molar-refractivity contribution in [1.82, 2.24) is 10.2 Å². The van der Waals surface area contributed by atoms with E-state index in [2.05, 4.69) is 20.8 Å². The van der Waals surface area contributed by atoms with Crippen LogP contribution in [0.2, 0.25) is 0 Å². The van der Waals surface area contributed by atoms with Gasteiger partial charge in [-0.25, -0.2) is 0 Å². The molecule has 0 bridgehead atoms. The number of hydrogen-bond acceptors (Lipinski definition) is 5. The number of benzene rings is 1. The fraction of sp³-hybridized carbons (Fsp3) is 0.231. The van der Waals surface area contributed by atoms with E-state index in [1.807, 2.05) is 0 Å². The lowest BCUT2D eigenvalue weighted by Gasteiger charge is -2.17. The molecule has 2 N–H and O–H groups in total. The van der Waals surface area contributed by atoms with Crippen molar-refractivity contribution in [1.29, 1.82) is 0 Å². The average Bonchev–Trinajstić information content (AvgIpc) is 2.83. The molecule has 0 aliphatic carbocycles. The maximum Gasteiger partial charge on any atom is 0.322 e. The van der Waals surface area contributed by atoms with Gasteiger partial charge in [-0.3, -0.25) is 14.9 Å². The topological polar surface area (TPSA) is 97.1 Å². The molecule has 3 rings (SSSR count). The Morgan fingerprint density at radius 1 is 1.35 bits per heavy atom. The molecule has 102 valence electrons. The number of hydrogen-bond donors (Lipinski definition) is 2. The van der Waals surface area contributed by atoms with Crippen molar-refractivity contribution in [3.8, 4) is 0 Å². The molecule has 0 unspecified atom stereocenters. The van der Waals surface area contributed by atoms with Gasteiger partial charge in [0.15, 0.2) is 0 Å². The molecule has 1 aliphatic rings. The number of nitrogens with one attached hydrogen (secondary N) is 2. The maximum atomic E-state index is 12.0. The predicted molar refractivity (Wildman–Crippen MR) is 70.4 cm³/mol. The van der Waals surface area contributed by atoms with Gasteiger partial charge in [-0.15, -0.1) is 5.10 Å². The lowest BCUT2D eigenvalue weighted by molar-refractivity contribution is -0.116. The van der Waals surface area contributed by atoms with Crippen molar-refractivity contribution in [3.05, 3.63) is 35.2 Å². The van der Waals surface area contributed by atoms with Crippen molar-refractivity contribution in [2.45, 2.75) is 19.8 Å². The molecular formula is C13H12N4O3. The third kappa shape index (κ3) is 2.37. The Labute approximate surface area is 114 Å². The third-order valence-electron chi connectivity index (χ3n) is 3.01. The van der Waals surface area contributed by atoms with Crippen molar-refractivity contribution in [2.24, 2.45) is 0 Å². The van der Waals surface area contributed by atoms with E-state index in [4.69, 9.17) is 4.42 Å². The molecular weight excluding hydrogens is 260 g/mol. The summed E-state index contributed by atoms with van der Waals surface area (Å²) in [7, 11) is 0. The Hall–Kier alpha value is -2.70. The molecule has 0 fully saturated rings. The van der Waals surface area contributed by atoms with Crippen LogP contribution in [-0.4, -0.2) is 22.0 Å². The minimum absolute atomic E-state index is 0.00367. The number of anilines is 2. The molecule has 7 heteroatoms. The van der Waals surface area contributed by atoms with Crippen molar-refractivity contribution in [2.75, 3.05) is 10.6 Å². The zero-order valence-corrected chi connectivity index (χ0v) is 10.8. The summed E-state index contributed by atoms with van der Waals surface area (Å²) in [6, 6.07) is 5.19. The van der Waals surface area contributed by atoms with Crippen molar-refractivity contribution in [3.63, 3.8) is 0 Å². The molecule has 2 heterocycles. The van der Waals surface area contributed by atoms with Gasteiger partial charge < -0.3 is 9.73 Å². The van der Waals surface area contributed by atoms with E-state index in [1.54, 1.807) is 25.1 Å². The Bertz CT molecular complexity index is 693. The van der Waals surface area contributed by atoms with Crippen LogP contribution in [0.15, 0.2) is 22.6 Å². The van der Waals surface area contributed by atoms with E-state index in [-0.39, 0.29) is 17.8 Å². The highest BCUT2D eigenvalue weighted by Crippen LogP contribution is 2.23. The minimum atomic E-state index is -0.326. The summed E-state index contributed by atoms with van der Waals surface area (Å²) in [4.78, 5) is 23.3. The first kappa shape index (κ1) is 12.3. The van der Waals surface area contributed by atoms with Crippen LogP contribution in [0.5, 0.6) is 0 Å². The molecule has 0 spiro atoms. The van der Waals surface area contributed by atoms with Crippen LogP contribution >= 0.6 is 0 Å². The van der Waals surface area contributed by atoms with E-state index >= 15 is 0 Å². The SMILES string of the molecule is Cc1nnc(NC(=O)c2ccc3c(c2)CCC(=O)N3)o1. The number of rotatable bonds is 2. The number of nitrogens with zero attached hydrogens (tertiary/aromatic N) is 2. The Balaban J connectivity index is 1.80. The highest BCUT2D eigenvalue weighted by atomic mass is 16.4. The number of carbonyl (C=O) groups excluding carboxylic acids is 2. The van der Waals surface area contributed by atoms with E-state index in [0.29, 0.717) is 24.3 Å². The molecule has 1 aromatic carbocycles. The number of carbonyl (C=O) groups is 2. The summed E-state index contributed by atoms with van der Waals surface area (Å²) in [5, 5.41) is 12.6. The molecule has 2 amide bonds. The van der Waals surface area contributed by atoms with Gasteiger partial charge in [0.25, 0.3) is 5.91 Å². The standard InChI is InChI=1S/C13H12N4O3/c1-7-16-17-13(20-7)15-12(19)9-2-4-10-8(6-9)3-5-11(18)14-10/h2,4,6H,3,5H2,1H3,(H,14,18)(H,15,17,19). The second-order valence-corrected chi connectivity index (χ2v) is 4.50. The average molecular weight is 272 g/mol. The number of aryl methyl sites for hydroxylation is 2. The largest absolute Gasteiger partial charge is 0.408 e. The normalized spacial score (nSPS) is 13.6. The first-order valence-electron chi connectivity index (χ1n) is 6.16. The van der Waals surface area contributed by atoms with Gasteiger partial charge in [0.2, 0.25) is 11.8 Å². The van der Waals surface area contributed by atoms with E-state index in [1.165, 1.54) is 0 Å². The fourth-order valence-corrected chi connectivity index (χ4v) is 2.04. The highest BCUT2D eigenvalue weighted by Gasteiger charge is 2.17. The number of aromatic nitrogens is 2. The lowest BCUT2D eigenvalue weighted by Crippen LogP contribution is -2.20. The zero-order valence-electron chi connectivity index (χ0n) is 10.8. The van der Waals surface area contributed by atoms with Gasteiger partial charge in [-0.05, 0) is 30.2 Å². The molecule has 1 aliphatic heterocycles. The number of fused-ring (bicyclic) bond motifs is 1. The molecule has 0 saturated carbocycles. The van der Waals surface area contributed by atoms with Gasteiger partial charge in [0.1, 0.15) is 0 Å². The molecule has 2 aromatic rings. The van der Waals surface area contributed by atoms with Crippen LogP contribution in [0.3, 0.4) is 0 Å². The van der Waals surface area contributed by atoms with Crippen LogP contribution in [-0.2, 0) is 11.2 Å². The van der Waals surface area contributed by atoms with Crippen molar-refractivity contribution >= 4 is 23.5 Å². The van der Waals surface area contributed by atoms with Gasteiger partial charge >= 0.3 is 6.01 Å². The van der Waals surface area contributed by atoms with Crippen LogP contribution in [0.1, 0.15) is 28.2 Å². The summed E-state index contributed by atoms with van der Waals surface area (Å²) in [6.07, 6.45) is 1.06. The predicted octanol–water partition coefficient (Wildman–Crippen LogP) is 1.52. The Kier molecular flexibility index (Phi) is 2.94. The van der Waals surface area contributed by atoms with Crippen LogP contribution in [0.4, 0.5) is 11.7 Å². The highest BCUT2D eigenvalue weighted by molar-refractivity contribution is 6.04. The Morgan fingerprint density at radius 2 is 2.20 bits per heavy atom. The lowest BCUT2D eigenvalue weighted by atomic mass is 10.0. The van der Waals surface area contributed by atoms with Crippen molar-refractivity contribution < 1.29 is 14.0 Å². The molecule has 0 atom stereocenters. The summed E-state index contributed by atoms with van der Waals surface area (Å²) in [5.74, 6) is 0.0536. The Morgan fingerprint density at radius 3 is 2.95 bits per heavy atom.